The second-order valence-corrected chi connectivity index (χ2v) is 13.6. The fourth-order valence-corrected chi connectivity index (χ4v) is 7.27. The van der Waals surface area contributed by atoms with Crippen molar-refractivity contribution >= 4 is 63.5 Å². The van der Waals surface area contributed by atoms with E-state index in [4.69, 9.17) is 4.98 Å². The fraction of sp³-hybridized carbons (Fsp3) is 0.289. The summed E-state index contributed by atoms with van der Waals surface area (Å²) in [5.41, 5.74) is 9.04. The Balaban J connectivity index is 0.900. The van der Waals surface area contributed by atoms with Gasteiger partial charge in [-0.3, -0.25) is 24.5 Å². The quantitative estimate of drug-likeness (QED) is 0.172. The zero-order chi connectivity index (χ0) is 36.1. The van der Waals surface area contributed by atoms with E-state index < -0.39 is 11.9 Å². The van der Waals surface area contributed by atoms with Crippen molar-refractivity contribution in [2.45, 2.75) is 52.2 Å². The Bertz CT molecular complexity index is 2280. The van der Waals surface area contributed by atoms with Crippen LogP contribution in [0.1, 0.15) is 51.0 Å². The minimum Gasteiger partial charge on any atom is -0.376 e. The molecule has 0 aliphatic carbocycles. The number of rotatable bonds is 8. The summed E-state index contributed by atoms with van der Waals surface area (Å²) in [7, 11) is 1.86. The molecule has 4 amide bonds. The summed E-state index contributed by atoms with van der Waals surface area (Å²) < 4.78 is 1.74. The number of hydrogen-bond donors (Lipinski definition) is 4. The number of amides is 4. The largest absolute Gasteiger partial charge is 0.376 e. The van der Waals surface area contributed by atoms with Crippen LogP contribution in [0, 0.1) is 13.8 Å². The second kappa shape index (κ2) is 13.1. The summed E-state index contributed by atoms with van der Waals surface area (Å²) in [6, 6.07) is 17.0. The standard InChI is InChI=1S/C38H38N10O4/c1-21-5-4-6-22(2)33(21)43-34-29-17-40-38(44-35(29)46(3)45-34)41-27-8-7-23-13-14-47(19-24(23)15-27)32(50)18-39-26-9-10-28-25(16-26)20-48(37(28)52)30-11-12-31(49)42-36(30)51/h4-10,15-17,30,39H,11-14,18-20H2,1-3H3,(H,43,45)(H,40,41,44)(H,42,49,51). The molecule has 0 radical (unpaired) electrons. The number of para-hydroxylation sites is 1. The van der Waals surface area contributed by atoms with E-state index in [1.165, 1.54) is 10.5 Å². The molecule has 1 fully saturated rings. The third-order valence-electron chi connectivity index (χ3n) is 10.1. The molecule has 1 saturated heterocycles. The van der Waals surface area contributed by atoms with Crippen LogP contribution in [-0.2, 0) is 40.9 Å². The second-order valence-electron chi connectivity index (χ2n) is 13.6. The number of carbonyl (C=O) groups is 4. The molecule has 5 heterocycles. The van der Waals surface area contributed by atoms with Gasteiger partial charge in [0.05, 0.1) is 11.9 Å². The van der Waals surface area contributed by atoms with Gasteiger partial charge in [-0.1, -0.05) is 24.3 Å². The highest BCUT2D eigenvalue weighted by Crippen LogP contribution is 2.31. The van der Waals surface area contributed by atoms with Crippen LogP contribution in [0.5, 0.6) is 0 Å². The summed E-state index contributed by atoms with van der Waals surface area (Å²) >= 11 is 0. The lowest BCUT2D eigenvalue weighted by atomic mass is 9.99. The molecule has 14 heteroatoms. The number of nitrogens with one attached hydrogen (secondary N) is 4. The predicted octanol–water partition coefficient (Wildman–Crippen LogP) is 4.23. The first-order chi connectivity index (χ1) is 25.1. The number of hydrogen-bond acceptors (Lipinski definition) is 10. The van der Waals surface area contributed by atoms with Gasteiger partial charge in [-0.05, 0) is 84.8 Å². The number of carbonyl (C=O) groups excluding carboxylic acids is 4. The topological polar surface area (TPSA) is 166 Å². The highest BCUT2D eigenvalue weighted by molar-refractivity contribution is 6.05. The van der Waals surface area contributed by atoms with Crippen molar-refractivity contribution in [3.63, 3.8) is 0 Å². The number of aryl methyl sites for hydroxylation is 3. The molecule has 1 unspecified atom stereocenters. The third kappa shape index (κ3) is 6.16. The van der Waals surface area contributed by atoms with Gasteiger partial charge in [-0.25, -0.2) is 9.67 Å². The van der Waals surface area contributed by atoms with Gasteiger partial charge >= 0.3 is 0 Å². The summed E-state index contributed by atoms with van der Waals surface area (Å²) in [5, 5.41) is 17.8. The number of aromatic nitrogens is 4. The first-order valence-electron chi connectivity index (χ1n) is 17.3. The van der Waals surface area contributed by atoms with Crippen LogP contribution < -0.4 is 21.3 Å². The maximum atomic E-state index is 13.4. The molecule has 2 aromatic heterocycles. The highest BCUT2D eigenvalue weighted by atomic mass is 16.2. The van der Waals surface area contributed by atoms with Crippen LogP contribution in [0.4, 0.5) is 28.8 Å². The molecule has 0 saturated carbocycles. The molecular weight excluding hydrogens is 660 g/mol. The van der Waals surface area contributed by atoms with E-state index in [9.17, 15) is 19.2 Å². The average Bonchev–Trinajstić information content (AvgIpc) is 3.62. The molecule has 3 aromatic carbocycles. The van der Waals surface area contributed by atoms with Crippen molar-refractivity contribution < 1.29 is 19.2 Å². The molecule has 52 heavy (non-hydrogen) atoms. The molecule has 0 spiro atoms. The van der Waals surface area contributed by atoms with Crippen LogP contribution in [0.2, 0.25) is 0 Å². The van der Waals surface area contributed by atoms with E-state index in [0.717, 1.165) is 45.4 Å². The summed E-state index contributed by atoms with van der Waals surface area (Å²) in [6.07, 6.45) is 3.02. The van der Waals surface area contributed by atoms with E-state index >= 15 is 0 Å². The Morgan fingerprint density at radius 3 is 2.52 bits per heavy atom. The van der Waals surface area contributed by atoms with Crippen LogP contribution in [-0.4, -0.2) is 72.3 Å². The molecule has 4 N–H and O–H groups in total. The molecule has 3 aliphatic heterocycles. The van der Waals surface area contributed by atoms with Gasteiger partial charge in [0.15, 0.2) is 11.5 Å². The summed E-state index contributed by atoms with van der Waals surface area (Å²) in [5.74, 6) is 0.105. The van der Waals surface area contributed by atoms with Gasteiger partial charge < -0.3 is 25.8 Å². The number of piperidine rings is 1. The molecule has 264 valence electrons. The van der Waals surface area contributed by atoms with Crippen LogP contribution in [0.15, 0.2) is 60.8 Å². The maximum Gasteiger partial charge on any atom is 0.255 e. The Hall–Kier alpha value is -6.31. The van der Waals surface area contributed by atoms with Crippen molar-refractivity contribution in [3.05, 3.63) is 94.2 Å². The van der Waals surface area contributed by atoms with Crippen molar-refractivity contribution in [3.8, 4) is 0 Å². The summed E-state index contributed by atoms with van der Waals surface area (Å²) in [4.78, 5) is 63.1. The minimum atomic E-state index is -0.671. The number of anilines is 5. The molecule has 5 aromatic rings. The predicted molar refractivity (Wildman–Crippen MR) is 195 cm³/mol. The molecule has 0 bridgehead atoms. The summed E-state index contributed by atoms with van der Waals surface area (Å²) in [6.45, 7) is 5.57. The molecule has 8 rings (SSSR count). The monoisotopic (exact) mass is 698 g/mol. The van der Waals surface area contributed by atoms with Gasteiger partial charge in [0.2, 0.25) is 23.7 Å². The first kappa shape index (κ1) is 32.9. The molecule has 14 nitrogen and oxygen atoms in total. The van der Waals surface area contributed by atoms with E-state index in [2.05, 4.69) is 63.4 Å². The zero-order valence-electron chi connectivity index (χ0n) is 29.1. The van der Waals surface area contributed by atoms with E-state index in [1.807, 2.05) is 36.2 Å². The number of benzene rings is 3. The van der Waals surface area contributed by atoms with Crippen molar-refractivity contribution in [2.75, 3.05) is 29.0 Å². The van der Waals surface area contributed by atoms with Crippen LogP contribution in [0.3, 0.4) is 0 Å². The van der Waals surface area contributed by atoms with Gasteiger partial charge in [0.25, 0.3) is 5.91 Å². The Labute approximate surface area is 299 Å². The number of fused-ring (bicyclic) bond motifs is 3. The van der Waals surface area contributed by atoms with Crippen molar-refractivity contribution in [1.82, 2.24) is 34.9 Å². The smallest absolute Gasteiger partial charge is 0.255 e. The van der Waals surface area contributed by atoms with Crippen LogP contribution >= 0.6 is 0 Å². The molecule has 3 aliphatic rings. The van der Waals surface area contributed by atoms with E-state index in [1.54, 1.807) is 23.0 Å². The number of nitrogens with zero attached hydrogens (tertiary/aromatic N) is 6. The zero-order valence-corrected chi connectivity index (χ0v) is 29.1. The van der Waals surface area contributed by atoms with Gasteiger partial charge in [0.1, 0.15) is 6.04 Å². The fourth-order valence-electron chi connectivity index (χ4n) is 7.27. The van der Waals surface area contributed by atoms with E-state index in [-0.39, 0.29) is 37.2 Å². The Kier molecular flexibility index (Phi) is 8.28. The van der Waals surface area contributed by atoms with Gasteiger partial charge in [-0.2, -0.15) is 10.1 Å². The van der Waals surface area contributed by atoms with Crippen molar-refractivity contribution in [2.24, 2.45) is 7.05 Å². The van der Waals surface area contributed by atoms with Crippen molar-refractivity contribution in [1.29, 1.82) is 0 Å². The lowest BCUT2D eigenvalue weighted by Crippen LogP contribution is -2.52. The Morgan fingerprint density at radius 2 is 1.71 bits per heavy atom. The minimum absolute atomic E-state index is 0.0407. The molecular formula is C38H38N10O4. The Morgan fingerprint density at radius 1 is 0.923 bits per heavy atom. The van der Waals surface area contributed by atoms with Gasteiger partial charge in [-0.15, -0.1) is 0 Å². The lowest BCUT2D eigenvalue weighted by molar-refractivity contribution is -0.137. The SMILES string of the molecule is Cc1cccc(C)c1Nc1nn(C)c2nc(Nc3ccc4c(c3)CN(C(=O)CNc3ccc5c(c3)CN(C3CCC(=O)NC3=O)C5=O)CC4)ncc12. The van der Waals surface area contributed by atoms with Gasteiger partial charge in [0, 0.05) is 61.9 Å². The third-order valence-corrected chi connectivity index (χ3v) is 10.1. The average molecular weight is 699 g/mol. The normalized spacial score (nSPS) is 16.8. The number of imide groups is 1. The molecule has 1 atom stereocenters. The highest BCUT2D eigenvalue weighted by Gasteiger charge is 2.39. The van der Waals surface area contributed by atoms with Crippen LogP contribution in [0.25, 0.3) is 11.0 Å². The lowest BCUT2D eigenvalue weighted by Gasteiger charge is -2.29. The first-order valence-corrected chi connectivity index (χ1v) is 17.3. The van der Waals surface area contributed by atoms with E-state index in [0.29, 0.717) is 48.2 Å². The maximum absolute atomic E-state index is 13.4.